The Bertz CT molecular complexity index is 2840. The van der Waals surface area contributed by atoms with Gasteiger partial charge in [-0.25, -0.2) is 0 Å². The monoisotopic (exact) mass is 1130 g/mol. The number of ether oxygens (including phenoxy) is 2. The largest absolute Gasteiger partial charge is 0.480 e. The fraction of sp³-hybridized carbons (Fsp3) is 0.250. The van der Waals surface area contributed by atoms with E-state index < -0.39 is 58.0 Å². The predicted octanol–water partition coefficient (Wildman–Crippen LogP) is 14.4. The second-order valence-corrected chi connectivity index (χ2v) is 22.1. The van der Waals surface area contributed by atoms with Crippen LogP contribution in [0.3, 0.4) is 0 Å². The summed E-state index contributed by atoms with van der Waals surface area (Å²) in [6.45, 7) is 16.5. The number of hydrogen-bond acceptors (Lipinski definition) is 7. The van der Waals surface area contributed by atoms with Gasteiger partial charge in [-0.15, -0.1) is 0 Å². The standard InChI is InChI=1S/2C20H16O2.C18H26O4.C10H13N.Mo/c2*21-19(22)20(16-10-4-1-5-11-16,17-12-6-2-7-13-17)18-14-8-3-9-15-18;1-8-11-18(15(19)21-9-2,16(20)22-10-3)13-14(4)12-17(5,6)7;1-10(2,3)8-6-4-5-7-9(8)11;/h2*1-15H,(H,21,22);1,4,12H,9-11,13H2,2-3,5-7H3;4-7H,1-3H3;/b;;14-12+;;. The number of hydrogen-bond donors (Lipinski definition) is 2. The van der Waals surface area contributed by atoms with Crippen LogP contribution in [0.4, 0.5) is 5.69 Å². The molecular formula is C68H71MoNO8. The molecule has 9 nitrogen and oxygen atoms in total. The number of benzene rings is 7. The van der Waals surface area contributed by atoms with E-state index in [1.165, 1.54) is 5.56 Å². The van der Waals surface area contributed by atoms with Gasteiger partial charge in [0.1, 0.15) is 10.8 Å². The molecule has 0 aliphatic heterocycles. The maximum Gasteiger partial charge on any atom is 0.323 e. The van der Waals surface area contributed by atoms with Gasteiger partial charge in [-0.05, 0) is 33.4 Å². The maximum absolute atomic E-state index is 13.1. The van der Waals surface area contributed by atoms with Crippen molar-refractivity contribution in [3.8, 4) is 12.3 Å². The first-order chi connectivity index (χ1) is 37.3. The molecule has 7 rings (SSSR count). The van der Waals surface area contributed by atoms with Gasteiger partial charge in [0.15, 0.2) is 0 Å². The maximum atomic E-state index is 13.1. The molecule has 0 saturated heterocycles. The minimum absolute atomic E-state index is 0.0209. The van der Waals surface area contributed by atoms with Crippen molar-refractivity contribution in [2.45, 2.75) is 84.5 Å². The van der Waals surface area contributed by atoms with E-state index in [-0.39, 0.29) is 36.9 Å². The van der Waals surface area contributed by atoms with Gasteiger partial charge in [-0.2, -0.15) is 0 Å². The summed E-state index contributed by atoms with van der Waals surface area (Å²) in [5.41, 5.74) is 3.35. The Balaban J connectivity index is 0.000000223. The molecule has 402 valence electrons. The topological polar surface area (TPSA) is 140 Å². The van der Waals surface area contributed by atoms with E-state index in [0.29, 0.717) is 0 Å². The minimum atomic E-state index is -1.58. The van der Waals surface area contributed by atoms with Crippen LogP contribution >= 0.6 is 0 Å². The molecule has 0 atom stereocenters. The minimum Gasteiger partial charge on any atom is -0.480 e. The molecule has 0 radical (unpaired) electrons. The Morgan fingerprint density at radius 2 is 0.821 bits per heavy atom. The quantitative estimate of drug-likeness (QED) is 0.0302. The SMILES string of the molecule is C#CCC(C/C([CH]=[Mo]=[N]c1ccccc1C(C)(C)C)=C/C(C)(C)C)(C(=O)OCC)C(=O)OCC.O=C(O)C(c1ccccc1)(c1ccccc1)c1ccccc1.O=C(O)C(c1ccccc1)(c1ccccc1)c1ccccc1. The molecule has 0 heterocycles. The van der Waals surface area contributed by atoms with Crippen LogP contribution in [-0.4, -0.2) is 51.7 Å². The van der Waals surface area contributed by atoms with Gasteiger partial charge in [-0.3, -0.25) is 9.59 Å². The van der Waals surface area contributed by atoms with Crippen LogP contribution in [0.5, 0.6) is 0 Å². The Morgan fingerprint density at radius 3 is 1.09 bits per heavy atom. The van der Waals surface area contributed by atoms with Crippen molar-refractivity contribution in [2.75, 3.05) is 13.2 Å². The average molecular weight is 1130 g/mol. The third-order valence-corrected chi connectivity index (χ3v) is 14.6. The molecule has 7 aromatic rings. The second-order valence-electron chi connectivity index (χ2n) is 20.6. The van der Waals surface area contributed by atoms with Crippen LogP contribution in [0.25, 0.3) is 0 Å². The normalized spacial score (nSPS) is 11.7. The second kappa shape index (κ2) is 28.5. The third kappa shape index (κ3) is 15.0. The summed E-state index contributed by atoms with van der Waals surface area (Å²) < 4.78 is 17.6. The molecule has 2 N–H and O–H groups in total. The molecule has 0 aliphatic carbocycles. The first-order valence-corrected chi connectivity index (χ1v) is 28.0. The van der Waals surface area contributed by atoms with E-state index in [2.05, 4.69) is 64.0 Å². The molecule has 0 aromatic heterocycles. The zero-order valence-electron chi connectivity index (χ0n) is 45.9. The molecule has 7 aromatic carbocycles. The first-order valence-electron chi connectivity index (χ1n) is 25.9. The van der Waals surface area contributed by atoms with Crippen LogP contribution in [0.15, 0.2) is 221 Å². The number of carbonyl (C=O) groups is 4. The molecule has 10 heteroatoms. The third-order valence-electron chi connectivity index (χ3n) is 12.8. The van der Waals surface area contributed by atoms with Crippen molar-refractivity contribution >= 4 is 34.0 Å². The Morgan fingerprint density at radius 1 is 0.513 bits per heavy atom. The molecule has 0 amide bonds. The van der Waals surface area contributed by atoms with Gasteiger partial charge in [0.05, 0.1) is 0 Å². The number of carbonyl (C=O) groups excluding carboxylic acids is 2. The molecule has 0 spiro atoms. The Hall–Kier alpha value is -7.92. The number of carboxylic acids is 2. The summed E-state index contributed by atoms with van der Waals surface area (Å²) in [5, 5.41) is 20.4. The molecule has 0 fully saturated rings. The van der Waals surface area contributed by atoms with Crippen molar-refractivity contribution in [3.63, 3.8) is 0 Å². The van der Waals surface area contributed by atoms with Crippen molar-refractivity contribution in [1.29, 1.82) is 0 Å². The summed E-state index contributed by atoms with van der Waals surface area (Å²) in [6.07, 6.45) is 7.72. The molecule has 78 heavy (non-hydrogen) atoms. The number of terminal acetylenes is 1. The van der Waals surface area contributed by atoms with Gasteiger partial charge in [0, 0.05) is 0 Å². The predicted molar refractivity (Wildman–Crippen MR) is 308 cm³/mol. The van der Waals surface area contributed by atoms with Crippen molar-refractivity contribution in [3.05, 3.63) is 257 Å². The van der Waals surface area contributed by atoms with Crippen LogP contribution in [-0.2, 0) is 62.8 Å². The van der Waals surface area contributed by atoms with Gasteiger partial charge in [0.25, 0.3) is 0 Å². The number of allylic oxidation sites excluding steroid dienone is 2. The van der Waals surface area contributed by atoms with E-state index in [1.54, 1.807) is 13.8 Å². The molecule has 0 unspecified atom stereocenters. The van der Waals surface area contributed by atoms with E-state index in [9.17, 15) is 29.4 Å². The zero-order chi connectivity index (χ0) is 56.8. The molecule has 0 aliphatic rings. The number of aliphatic carboxylic acids is 2. The fourth-order valence-electron chi connectivity index (χ4n) is 9.39. The number of esters is 2. The summed E-state index contributed by atoms with van der Waals surface area (Å²) in [4.78, 5) is 50.9. The van der Waals surface area contributed by atoms with Crippen molar-refractivity contribution in [2.24, 2.45) is 14.3 Å². The fourth-order valence-corrected chi connectivity index (χ4v) is 10.9. The van der Waals surface area contributed by atoms with E-state index in [4.69, 9.17) is 19.4 Å². The van der Waals surface area contributed by atoms with Crippen molar-refractivity contribution in [1.82, 2.24) is 0 Å². The average Bonchev–Trinajstić information content (AvgIpc) is 3.53. The van der Waals surface area contributed by atoms with Crippen molar-refractivity contribution < 1.29 is 56.8 Å². The molecule has 0 saturated carbocycles. The Labute approximate surface area is 469 Å². The number of carboxylic acid groups (broad SMARTS) is 2. The zero-order valence-corrected chi connectivity index (χ0v) is 47.9. The smallest absolute Gasteiger partial charge is 0.323 e. The number of nitrogens with zero attached hydrogens (tertiary/aromatic N) is 1. The summed E-state index contributed by atoms with van der Waals surface area (Å²) >= 11 is -0.969. The summed E-state index contributed by atoms with van der Waals surface area (Å²) in [5.74, 6) is -0.538. The molecule has 0 bridgehead atoms. The van der Waals surface area contributed by atoms with Crippen LogP contribution < -0.4 is 0 Å². The van der Waals surface area contributed by atoms with E-state index >= 15 is 0 Å². The summed E-state index contributed by atoms with van der Waals surface area (Å²) in [7, 11) is 0. The van der Waals surface area contributed by atoms with Gasteiger partial charge >= 0.3 is 226 Å². The molecular weight excluding hydrogens is 1050 g/mol. The van der Waals surface area contributed by atoms with Crippen LogP contribution in [0.1, 0.15) is 107 Å². The van der Waals surface area contributed by atoms with Crippen LogP contribution in [0, 0.1) is 23.2 Å². The van der Waals surface area contributed by atoms with Gasteiger partial charge in [-0.1, -0.05) is 182 Å². The summed E-state index contributed by atoms with van der Waals surface area (Å²) in [6, 6.07) is 64.5. The number of rotatable bonds is 17. The van der Waals surface area contributed by atoms with Gasteiger partial charge in [0.2, 0.25) is 0 Å². The van der Waals surface area contributed by atoms with Crippen LogP contribution in [0.2, 0.25) is 0 Å². The van der Waals surface area contributed by atoms with Gasteiger partial charge < -0.3 is 10.2 Å². The first kappa shape index (κ1) is 60.9. The Kier molecular flexibility index (Phi) is 22.2. The van der Waals surface area contributed by atoms with E-state index in [0.717, 1.165) is 44.6 Å². The van der Waals surface area contributed by atoms with E-state index in [1.807, 2.05) is 200 Å².